The van der Waals surface area contributed by atoms with Crippen LogP contribution < -0.4 is 16.8 Å². The molecule has 0 spiro atoms. The summed E-state index contributed by atoms with van der Waals surface area (Å²) in [5, 5.41) is 10.8. The Kier molecular flexibility index (Phi) is 5.99. The van der Waals surface area contributed by atoms with Crippen molar-refractivity contribution >= 4 is 17.8 Å². The number of aliphatic hydroxyl groups excluding tert-OH is 1. The Hall–Kier alpha value is -1.67. The van der Waals surface area contributed by atoms with Crippen molar-refractivity contribution in [2.75, 3.05) is 37.7 Å². The number of ether oxygens (including phenoxy) is 1. The largest absolute Gasteiger partial charge is 0.388 e. The summed E-state index contributed by atoms with van der Waals surface area (Å²) in [5.74, 6) is 0.208. The van der Waals surface area contributed by atoms with Crippen LogP contribution in [0.4, 0.5) is 17.8 Å². The first-order chi connectivity index (χ1) is 6.63. The molecule has 1 aromatic heterocycles. The van der Waals surface area contributed by atoms with E-state index in [0.29, 0.717) is 0 Å². The van der Waals surface area contributed by atoms with Gasteiger partial charge in [0.1, 0.15) is 6.73 Å². The summed E-state index contributed by atoms with van der Waals surface area (Å²) in [6.07, 6.45) is 0. The molecule has 0 fully saturated rings. The number of anilines is 3. The Labute approximate surface area is 81.3 Å². The molecule has 0 radical (unpaired) electrons. The van der Waals surface area contributed by atoms with Crippen molar-refractivity contribution in [2.45, 2.75) is 0 Å². The summed E-state index contributed by atoms with van der Waals surface area (Å²) in [6, 6.07) is 0. The lowest BCUT2D eigenvalue weighted by molar-refractivity contribution is 0.277. The minimum atomic E-state index is -0.275. The van der Waals surface area contributed by atoms with Gasteiger partial charge in [-0.05, 0) is 0 Å². The second kappa shape index (κ2) is 6.80. The number of nitrogens with one attached hydrogen (secondary N) is 1. The molecule has 0 bridgehead atoms. The number of aliphatic hydroxyl groups is 1. The van der Waals surface area contributed by atoms with Crippen molar-refractivity contribution in [3.05, 3.63) is 0 Å². The molecule has 0 saturated carbocycles. The monoisotopic (exact) mass is 202 g/mol. The number of rotatable bonds is 2. The van der Waals surface area contributed by atoms with Gasteiger partial charge in [0.25, 0.3) is 0 Å². The Morgan fingerprint density at radius 1 is 1.21 bits per heavy atom. The minimum Gasteiger partial charge on any atom is -0.388 e. The van der Waals surface area contributed by atoms with E-state index in [4.69, 9.17) is 16.6 Å². The van der Waals surface area contributed by atoms with Gasteiger partial charge in [-0.3, -0.25) is 0 Å². The van der Waals surface area contributed by atoms with Crippen molar-refractivity contribution in [1.29, 1.82) is 0 Å². The van der Waals surface area contributed by atoms with Crippen LogP contribution in [0.5, 0.6) is 0 Å². The Bertz CT molecular complexity index is 248. The first-order valence-electron chi connectivity index (χ1n) is 3.66. The number of hydrogen-bond donors (Lipinski definition) is 4. The minimum absolute atomic E-state index is 0.0217. The van der Waals surface area contributed by atoms with Crippen molar-refractivity contribution in [2.24, 2.45) is 0 Å². The Balaban J connectivity index is 0.000000500. The summed E-state index contributed by atoms with van der Waals surface area (Å²) < 4.78 is 4.25. The van der Waals surface area contributed by atoms with E-state index in [1.165, 1.54) is 0 Å². The van der Waals surface area contributed by atoms with Crippen LogP contribution in [0.15, 0.2) is 0 Å². The van der Waals surface area contributed by atoms with Gasteiger partial charge in [0.15, 0.2) is 0 Å². The molecule has 0 aromatic carbocycles. The second-order valence-electron chi connectivity index (χ2n) is 2.12. The molecule has 8 heteroatoms. The zero-order valence-electron chi connectivity index (χ0n) is 8.06. The van der Waals surface area contributed by atoms with E-state index in [9.17, 15) is 0 Å². The zero-order valence-corrected chi connectivity index (χ0v) is 8.06. The topological polar surface area (TPSA) is 132 Å². The average Bonchev–Trinajstić information content (AvgIpc) is 2.03. The first kappa shape index (κ1) is 12.3. The lowest BCUT2D eigenvalue weighted by Crippen LogP contribution is -2.09. The Morgan fingerprint density at radius 3 is 2.00 bits per heavy atom. The molecule has 0 unspecified atom stereocenters. The van der Waals surface area contributed by atoms with Crippen molar-refractivity contribution in [3.63, 3.8) is 0 Å². The Morgan fingerprint density at radius 2 is 1.64 bits per heavy atom. The van der Waals surface area contributed by atoms with E-state index >= 15 is 0 Å². The molecule has 6 N–H and O–H groups in total. The maximum absolute atomic E-state index is 8.41. The van der Waals surface area contributed by atoms with Gasteiger partial charge < -0.3 is 26.6 Å². The van der Waals surface area contributed by atoms with Crippen molar-refractivity contribution in [3.8, 4) is 0 Å². The van der Waals surface area contributed by atoms with Gasteiger partial charge >= 0.3 is 0 Å². The summed E-state index contributed by atoms with van der Waals surface area (Å²) >= 11 is 0. The molecule has 80 valence electrons. The fourth-order valence-electron chi connectivity index (χ4n) is 0.559. The van der Waals surface area contributed by atoms with E-state index in [1.807, 2.05) is 0 Å². The number of hydrogen-bond acceptors (Lipinski definition) is 8. The van der Waals surface area contributed by atoms with Crippen LogP contribution in [-0.2, 0) is 4.74 Å². The third kappa shape index (κ3) is 5.06. The molecule has 8 nitrogen and oxygen atoms in total. The molecule has 0 aliphatic rings. The van der Waals surface area contributed by atoms with Crippen molar-refractivity contribution < 1.29 is 9.84 Å². The van der Waals surface area contributed by atoms with Crippen LogP contribution in [0.3, 0.4) is 0 Å². The van der Waals surface area contributed by atoms with Crippen LogP contribution >= 0.6 is 0 Å². The van der Waals surface area contributed by atoms with Gasteiger partial charge in [0, 0.05) is 14.2 Å². The molecule has 0 atom stereocenters. The third-order valence-electron chi connectivity index (χ3n) is 0.907. The third-order valence-corrected chi connectivity index (χ3v) is 0.907. The highest BCUT2D eigenvalue weighted by atomic mass is 16.4. The van der Waals surface area contributed by atoms with E-state index in [0.717, 1.165) is 0 Å². The predicted molar refractivity (Wildman–Crippen MR) is 52.3 cm³/mol. The molecular weight excluding hydrogens is 188 g/mol. The lowest BCUT2D eigenvalue weighted by atomic mass is 10.8. The standard InChI is InChI=1S/C4H8N6O.C2H6O/c5-2-8-3(6)10-4(9-2)7-1-11;1-3-2/h11H,1H2,(H5,5,6,7,8,9,10);1-2H3. The summed E-state index contributed by atoms with van der Waals surface area (Å²) in [4.78, 5) is 10.8. The fourth-order valence-corrected chi connectivity index (χ4v) is 0.559. The number of nitrogen functional groups attached to an aromatic ring is 2. The number of aromatic nitrogens is 3. The van der Waals surface area contributed by atoms with Crippen LogP contribution in [0.1, 0.15) is 0 Å². The highest BCUT2D eigenvalue weighted by Crippen LogP contribution is 2.01. The summed E-state index contributed by atoms with van der Waals surface area (Å²) in [5.41, 5.74) is 10.5. The zero-order chi connectivity index (χ0) is 11.0. The van der Waals surface area contributed by atoms with Crippen molar-refractivity contribution in [1.82, 2.24) is 15.0 Å². The molecule has 1 aromatic rings. The quantitative estimate of drug-likeness (QED) is 0.433. The van der Waals surface area contributed by atoms with E-state index < -0.39 is 0 Å². The predicted octanol–water partition coefficient (Wildman–Crippen LogP) is -1.34. The van der Waals surface area contributed by atoms with E-state index in [1.54, 1.807) is 14.2 Å². The van der Waals surface area contributed by atoms with Crippen LogP contribution in [0.25, 0.3) is 0 Å². The molecule has 0 aliphatic carbocycles. The van der Waals surface area contributed by atoms with Gasteiger partial charge in [-0.1, -0.05) is 0 Å². The summed E-state index contributed by atoms with van der Waals surface area (Å²) in [6.45, 7) is -0.275. The smallest absolute Gasteiger partial charge is 0.231 e. The molecule has 0 aliphatic heterocycles. The average molecular weight is 202 g/mol. The van der Waals surface area contributed by atoms with Gasteiger partial charge in [-0.15, -0.1) is 0 Å². The van der Waals surface area contributed by atoms with E-state index in [-0.39, 0.29) is 24.6 Å². The maximum Gasteiger partial charge on any atom is 0.231 e. The molecule has 0 amide bonds. The van der Waals surface area contributed by atoms with Gasteiger partial charge in [0.2, 0.25) is 17.8 Å². The number of methoxy groups -OCH3 is 1. The molecule has 0 saturated heterocycles. The van der Waals surface area contributed by atoms with Crippen LogP contribution in [0.2, 0.25) is 0 Å². The van der Waals surface area contributed by atoms with E-state index in [2.05, 4.69) is 25.0 Å². The lowest BCUT2D eigenvalue weighted by Gasteiger charge is -2.00. The normalized spacial score (nSPS) is 8.79. The highest BCUT2D eigenvalue weighted by Gasteiger charge is 1.98. The van der Waals surface area contributed by atoms with Gasteiger partial charge in [-0.2, -0.15) is 15.0 Å². The van der Waals surface area contributed by atoms with Gasteiger partial charge in [-0.25, -0.2) is 0 Å². The summed E-state index contributed by atoms with van der Waals surface area (Å²) in [7, 11) is 3.25. The van der Waals surface area contributed by atoms with Crippen LogP contribution in [0, 0.1) is 0 Å². The SMILES string of the molecule is COC.Nc1nc(N)nc(NCO)n1. The molecule has 1 rings (SSSR count). The fraction of sp³-hybridized carbons (Fsp3) is 0.500. The molecule has 14 heavy (non-hydrogen) atoms. The molecule has 1 heterocycles. The van der Waals surface area contributed by atoms with Crippen LogP contribution in [-0.4, -0.2) is 41.0 Å². The van der Waals surface area contributed by atoms with Gasteiger partial charge in [0.05, 0.1) is 0 Å². The first-order valence-corrected chi connectivity index (χ1v) is 3.66. The second-order valence-corrected chi connectivity index (χ2v) is 2.12. The maximum atomic E-state index is 8.41. The number of nitrogens with two attached hydrogens (primary N) is 2. The number of nitrogens with zero attached hydrogens (tertiary/aromatic N) is 3. The highest BCUT2D eigenvalue weighted by molar-refractivity contribution is 5.36. The molecular formula is C6H14N6O2.